The lowest BCUT2D eigenvalue weighted by Gasteiger charge is -2.44. The summed E-state index contributed by atoms with van der Waals surface area (Å²) in [7, 11) is 0. The van der Waals surface area contributed by atoms with Gasteiger partial charge in [-0.1, -0.05) is 50.5 Å². The van der Waals surface area contributed by atoms with Crippen LogP contribution in [0.4, 0.5) is 4.39 Å². The van der Waals surface area contributed by atoms with Gasteiger partial charge in [0.15, 0.2) is 0 Å². The normalized spacial score (nSPS) is 32.1. The maximum atomic E-state index is 12.6. The first-order valence-corrected chi connectivity index (χ1v) is 12.6. The van der Waals surface area contributed by atoms with Crippen LogP contribution in [0.2, 0.25) is 0 Å². The van der Waals surface area contributed by atoms with E-state index in [-0.39, 0.29) is 0 Å². The molecule has 2 saturated carbocycles. The van der Waals surface area contributed by atoms with Crippen molar-refractivity contribution in [2.75, 3.05) is 0 Å². The summed E-state index contributed by atoms with van der Waals surface area (Å²) in [5.74, 6) is 4.14. The molecule has 0 amide bonds. The largest absolute Gasteiger partial charge is 0.216 e. The topological polar surface area (TPSA) is 0 Å². The standard InChI is InChI=1S/C28H41F/c1-2-3-4-5-6-21-7-9-25-19-27(13-11-23(25)17-21)28-14-12-24-18-22(15-16-29)8-10-26(24)20-28/h7,9,15-17,22,24,26-28H,2-6,8,10-14,18-20H2,1H3. The highest BCUT2D eigenvalue weighted by molar-refractivity contribution is 5.34. The van der Waals surface area contributed by atoms with Gasteiger partial charge in [0, 0.05) is 0 Å². The van der Waals surface area contributed by atoms with Crippen molar-refractivity contribution >= 4 is 0 Å². The Morgan fingerprint density at radius 1 is 0.862 bits per heavy atom. The zero-order valence-electron chi connectivity index (χ0n) is 18.6. The highest BCUT2D eigenvalue weighted by Gasteiger charge is 2.38. The van der Waals surface area contributed by atoms with Crippen LogP contribution in [-0.2, 0) is 19.3 Å². The molecule has 0 aliphatic heterocycles. The average molecular weight is 397 g/mol. The molecule has 0 N–H and O–H groups in total. The van der Waals surface area contributed by atoms with Crippen LogP contribution in [0.5, 0.6) is 0 Å². The van der Waals surface area contributed by atoms with Crippen LogP contribution in [0.15, 0.2) is 30.6 Å². The molecule has 0 aromatic heterocycles. The summed E-state index contributed by atoms with van der Waals surface area (Å²) in [4.78, 5) is 0. The molecule has 2 fully saturated rings. The van der Waals surface area contributed by atoms with E-state index < -0.39 is 0 Å². The van der Waals surface area contributed by atoms with Crippen molar-refractivity contribution in [1.82, 2.24) is 0 Å². The van der Waals surface area contributed by atoms with E-state index >= 15 is 0 Å². The number of rotatable bonds is 7. The van der Waals surface area contributed by atoms with Gasteiger partial charge in [0.2, 0.25) is 0 Å². The Morgan fingerprint density at radius 3 is 2.48 bits per heavy atom. The highest BCUT2D eigenvalue weighted by atomic mass is 19.1. The van der Waals surface area contributed by atoms with Crippen LogP contribution in [-0.4, -0.2) is 0 Å². The zero-order chi connectivity index (χ0) is 20.1. The van der Waals surface area contributed by atoms with Crippen LogP contribution in [0.3, 0.4) is 0 Å². The first-order chi connectivity index (χ1) is 14.3. The maximum absolute atomic E-state index is 12.6. The van der Waals surface area contributed by atoms with E-state index in [1.165, 1.54) is 89.9 Å². The molecule has 0 heterocycles. The molecule has 0 bridgehead atoms. The summed E-state index contributed by atoms with van der Waals surface area (Å²) >= 11 is 0. The van der Waals surface area contributed by atoms with Crippen LogP contribution in [0.1, 0.15) is 94.2 Å². The molecule has 0 radical (unpaired) electrons. The molecule has 5 unspecified atom stereocenters. The quantitative estimate of drug-likeness (QED) is 0.407. The van der Waals surface area contributed by atoms with Gasteiger partial charge in [-0.25, -0.2) is 4.39 Å². The van der Waals surface area contributed by atoms with E-state index in [0.717, 1.165) is 30.0 Å². The third kappa shape index (κ3) is 5.33. The van der Waals surface area contributed by atoms with Crippen molar-refractivity contribution < 1.29 is 4.39 Å². The Morgan fingerprint density at radius 2 is 1.66 bits per heavy atom. The molecule has 3 aliphatic rings. The summed E-state index contributed by atoms with van der Waals surface area (Å²) < 4.78 is 12.6. The number of fused-ring (bicyclic) bond motifs is 2. The Bertz CT molecular complexity index is 675. The SMILES string of the molecule is CCCCCCc1ccc2c(c1)CCC(C1CCC3CC(C=CF)CCC3C1)C2. The first kappa shape index (κ1) is 21.1. The highest BCUT2D eigenvalue weighted by Crippen LogP contribution is 2.48. The van der Waals surface area contributed by atoms with Gasteiger partial charge in [0.25, 0.3) is 0 Å². The summed E-state index contributed by atoms with van der Waals surface area (Å²) in [6.45, 7) is 2.29. The molecule has 1 aromatic rings. The van der Waals surface area contributed by atoms with Crippen LogP contribution in [0.25, 0.3) is 0 Å². The fraction of sp³-hybridized carbons (Fsp3) is 0.714. The summed E-state index contributed by atoms with van der Waals surface area (Å²) in [6.07, 6.45) is 21.4. The van der Waals surface area contributed by atoms with Gasteiger partial charge in [0.1, 0.15) is 0 Å². The summed E-state index contributed by atoms with van der Waals surface area (Å²) in [5.41, 5.74) is 4.87. The lowest BCUT2D eigenvalue weighted by molar-refractivity contribution is 0.0809. The molecule has 5 atom stereocenters. The second-order valence-corrected chi connectivity index (χ2v) is 10.4. The van der Waals surface area contributed by atoms with Gasteiger partial charge in [-0.2, -0.15) is 0 Å². The number of hydrogen-bond donors (Lipinski definition) is 0. The van der Waals surface area contributed by atoms with Crippen molar-refractivity contribution in [3.05, 3.63) is 47.3 Å². The number of hydrogen-bond acceptors (Lipinski definition) is 0. The first-order valence-electron chi connectivity index (χ1n) is 12.6. The van der Waals surface area contributed by atoms with Crippen LogP contribution >= 0.6 is 0 Å². The average Bonchev–Trinajstić information content (AvgIpc) is 2.76. The molecule has 3 aliphatic carbocycles. The number of benzene rings is 1. The summed E-state index contributed by atoms with van der Waals surface area (Å²) in [6, 6.07) is 7.43. The number of unbranched alkanes of at least 4 members (excludes halogenated alkanes) is 3. The Balaban J connectivity index is 1.30. The zero-order valence-corrected chi connectivity index (χ0v) is 18.6. The lowest BCUT2D eigenvalue weighted by Crippen LogP contribution is -2.34. The lowest BCUT2D eigenvalue weighted by atomic mass is 9.61. The number of allylic oxidation sites excluding steroid dienone is 1. The molecule has 4 rings (SSSR count). The van der Waals surface area contributed by atoms with Crippen LogP contribution < -0.4 is 0 Å². The van der Waals surface area contributed by atoms with Gasteiger partial charge >= 0.3 is 0 Å². The third-order valence-corrected chi connectivity index (χ3v) is 8.56. The minimum Gasteiger partial charge on any atom is -0.216 e. The van der Waals surface area contributed by atoms with E-state index in [4.69, 9.17) is 0 Å². The molecular weight excluding hydrogens is 355 g/mol. The summed E-state index contributed by atoms with van der Waals surface area (Å²) in [5, 5.41) is 0. The molecule has 0 nitrogen and oxygen atoms in total. The predicted molar refractivity (Wildman–Crippen MR) is 122 cm³/mol. The van der Waals surface area contributed by atoms with Gasteiger partial charge < -0.3 is 0 Å². The molecule has 0 saturated heterocycles. The van der Waals surface area contributed by atoms with Crippen molar-refractivity contribution in [3.8, 4) is 0 Å². The maximum Gasteiger partial charge on any atom is 0.0829 e. The smallest absolute Gasteiger partial charge is 0.0829 e. The fourth-order valence-corrected chi connectivity index (χ4v) is 6.82. The number of aryl methyl sites for hydroxylation is 2. The Labute approximate surface area is 178 Å². The molecule has 160 valence electrons. The Hall–Kier alpha value is -1.11. The third-order valence-electron chi connectivity index (χ3n) is 8.56. The molecule has 29 heavy (non-hydrogen) atoms. The second-order valence-electron chi connectivity index (χ2n) is 10.4. The molecule has 0 spiro atoms. The Kier molecular flexibility index (Phi) is 7.49. The van der Waals surface area contributed by atoms with E-state index in [0.29, 0.717) is 5.92 Å². The fourth-order valence-electron chi connectivity index (χ4n) is 6.82. The minimum atomic E-state index is 0.510. The van der Waals surface area contributed by atoms with Crippen LogP contribution in [0, 0.1) is 29.6 Å². The monoisotopic (exact) mass is 396 g/mol. The van der Waals surface area contributed by atoms with Gasteiger partial charge in [-0.3, -0.25) is 0 Å². The van der Waals surface area contributed by atoms with E-state index in [2.05, 4.69) is 25.1 Å². The second kappa shape index (κ2) is 10.3. The minimum absolute atomic E-state index is 0.510. The van der Waals surface area contributed by atoms with Crippen molar-refractivity contribution in [3.63, 3.8) is 0 Å². The molecule has 1 heteroatoms. The van der Waals surface area contributed by atoms with Gasteiger partial charge in [0.05, 0.1) is 6.33 Å². The van der Waals surface area contributed by atoms with Crippen molar-refractivity contribution in [2.45, 2.75) is 96.8 Å². The molecule has 1 aromatic carbocycles. The van der Waals surface area contributed by atoms with E-state index in [1.54, 1.807) is 16.7 Å². The van der Waals surface area contributed by atoms with Crippen molar-refractivity contribution in [2.24, 2.45) is 29.6 Å². The van der Waals surface area contributed by atoms with E-state index in [1.807, 2.05) is 6.08 Å². The van der Waals surface area contributed by atoms with Gasteiger partial charge in [-0.15, -0.1) is 0 Å². The van der Waals surface area contributed by atoms with Gasteiger partial charge in [-0.05, 0) is 117 Å². The molecular formula is C28H41F. The predicted octanol–water partition coefficient (Wildman–Crippen LogP) is 8.23. The van der Waals surface area contributed by atoms with E-state index in [9.17, 15) is 4.39 Å². The number of halogens is 1. The van der Waals surface area contributed by atoms with Crippen molar-refractivity contribution in [1.29, 1.82) is 0 Å².